The Balaban J connectivity index is 1.76. The van der Waals surface area contributed by atoms with Crippen LogP contribution in [0.5, 0.6) is 0 Å². The molecule has 3 rings (SSSR count). The van der Waals surface area contributed by atoms with Gasteiger partial charge in [0.2, 0.25) is 0 Å². The van der Waals surface area contributed by atoms with E-state index in [1.54, 1.807) is 12.1 Å². The van der Waals surface area contributed by atoms with E-state index in [9.17, 15) is 4.39 Å². The van der Waals surface area contributed by atoms with Crippen molar-refractivity contribution >= 4 is 0 Å². The molecule has 1 aromatic carbocycles. The predicted octanol–water partition coefficient (Wildman–Crippen LogP) is 2.89. The van der Waals surface area contributed by atoms with Gasteiger partial charge in [0, 0.05) is 24.3 Å². The fraction of sp³-hybridized carbons (Fsp3) is 0.357. The lowest BCUT2D eigenvalue weighted by atomic mass is 10.1. The second-order valence-corrected chi connectivity index (χ2v) is 4.79. The molecule has 94 valence electrons. The van der Waals surface area contributed by atoms with Gasteiger partial charge in [0.15, 0.2) is 0 Å². The van der Waals surface area contributed by atoms with Crippen LogP contribution in [0.3, 0.4) is 0 Å². The second kappa shape index (κ2) is 4.90. The van der Waals surface area contributed by atoms with E-state index in [4.69, 9.17) is 0 Å². The molecule has 1 aromatic heterocycles. The summed E-state index contributed by atoms with van der Waals surface area (Å²) in [5, 5.41) is 6.87. The lowest BCUT2D eigenvalue weighted by Gasteiger charge is -2.23. The van der Waals surface area contributed by atoms with Crippen LogP contribution in [0, 0.1) is 5.82 Å². The van der Waals surface area contributed by atoms with Gasteiger partial charge in [-0.3, -0.25) is 10.00 Å². The number of benzene rings is 1. The summed E-state index contributed by atoms with van der Waals surface area (Å²) in [6, 6.07) is 7.26. The highest BCUT2D eigenvalue weighted by atomic mass is 19.1. The molecule has 1 aliphatic heterocycles. The highest BCUT2D eigenvalue weighted by molar-refractivity contribution is 5.18. The molecular weight excluding hydrogens is 229 g/mol. The molecule has 0 radical (unpaired) electrons. The third-order valence-electron chi connectivity index (χ3n) is 3.54. The van der Waals surface area contributed by atoms with Gasteiger partial charge in [-0.05, 0) is 37.1 Å². The molecule has 3 nitrogen and oxygen atoms in total. The molecule has 1 atom stereocenters. The van der Waals surface area contributed by atoms with Gasteiger partial charge < -0.3 is 0 Å². The average Bonchev–Trinajstić information content (AvgIpc) is 2.98. The Hall–Kier alpha value is -1.68. The Morgan fingerprint density at radius 2 is 2.39 bits per heavy atom. The zero-order valence-corrected chi connectivity index (χ0v) is 10.1. The molecule has 2 heterocycles. The Morgan fingerprint density at radius 3 is 3.17 bits per heavy atom. The molecule has 0 bridgehead atoms. The monoisotopic (exact) mass is 245 g/mol. The summed E-state index contributed by atoms with van der Waals surface area (Å²) in [6.45, 7) is 1.86. The Kier molecular flexibility index (Phi) is 3.11. The second-order valence-electron chi connectivity index (χ2n) is 4.79. The van der Waals surface area contributed by atoms with Gasteiger partial charge >= 0.3 is 0 Å². The fourth-order valence-electron chi connectivity index (χ4n) is 2.71. The highest BCUT2D eigenvalue weighted by Gasteiger charge is 2.26. The van der Waals surface area contributed by atoms with Gasteiger partial charge in [-0.1, -0.05) is 12.1 Å². The van der Waals surface area contributed by atoms with E-state index in [1.807, 2.05) is 18.5 Å². The number of aromatic amines is 1. The van der Waals surface area contributed by atoms with Gasteiger partial charge in [0.1, 0.15) is 5.82 Å². The van der Waals surface area contributed by atoms with Crippen molar-refractivity contribution in [1.29, 1.82) is 0 Å². The normalized spacial score (nSPS) is 20.4. The quantitative estimate of drug-likeness (QED) is 0.901. The predicted molar refractivity (Wildman–Crippen MR) is 67.4 cm³/mol. The summed E-state index contributed by atoms with van der Waals surface area (Å²) in [6.07, 6.45) is 6.17. The smallest absolute Gasteiger partial charge is 0.123 e. The summed E-state index contributed by atoms with van der Waals surface area (Å²) in [5.74, 6) is -0.161. The maximum atomic E-state index is 13.2. The van der Waals surface area contributed by atoms with E-state index < -0.39 is 0 Å². The zero-order valence-electron chi connectivity index (χ0n) is 10.1. The minimum atomic E-state index is -0.161. The molecule has 0 aliphatic carbocycles. The largest absolute Gasteiger partial charge is 0.292 e. The van der Waals surface area contributed by atoms with Crippen LogP contribution in [0.25, 0.3) is 0 Å². The van der Waals surface area contributed by atoms with Crippen LogP contribution in [-0.4, -0.2) is 21.6 Å². The van der Waals surface area contributed by atoms with E-state index in [1.165, 1.54) is 18.1 Å². The summed E-state index contributed by atoms with van der Waals surface area (Å²) in [7, 11) is 0. The van der Waals surface area contributed by atoms with Crippen LogP contribution in [0.2, 0.25) is 0 Å². The van der Waals surface area contributed by atoms with Crippen molar-refractivity contribution in [2.45, 2.75) is 25.4 Å². The van der Waals surface area contributed by atoms with Crippen molar-refractivity contribution in [2.24, 2.45) is 0 Å². The molecule has 0 unspecified atom stereocenters. The molecular formula is C14H16FN3. The number of hydrogen-bond acceptors (Lipinski definition) is 2. The summed E-state index contributed by atoms with van der Waals surface area (Å²) >= 11 is 0. The van der Waals surface area contributed by atoms with Crippen molar-refractivity contribution in [2.75, 3.05) is 6.54 Å². The lowest BCUT2D eigenvalue weighted by Crippen LogP contribution is -2.22. The molecule has 0 saturated carbocycles. The average molecular weight is 245 g/mol. The van der Waals surface area contributed by atoms with Gasteiger partial charge in [-0.15, -0.1) is 0 Å². The maximum Gasteiger partial charge on any atom is 0.123 e. The first-order valence-electron chi connectivity index (χ1n) is 6.30. The van der Waals surface area contributed by atoms with Crippen LogP contribution in [0.4, 0.5) is 4.39 Å². The van der Waals surface area contributed by atoms with E-state index in [-0.39, 0.29) is 5.82 Å². The molecule has 2 aromatic rings. The van der Waals surface area contributed by atoms with Crippen molar-refractivity contribution in [3.63, 3.8) is 0 Å². The molecule has 1 saturated heterocycles. The van der Waals surface area contributed by atoms with Crippen molar-refractivity contribution in [1.82, 2.24) is 15.1 Å². The molecule has 0 spiro atoms. The number of H-pyrrole nitrogens is 1. The molecule has 1 fully saturated rings. The number of nitrogens with zero attached hydrogens (tertiary/aromatic N) is 2. The number of likely N-dealkylation sites (tertiary alicyclic amines) is 1. The van der Waals surface area contributed by atoms with Crippen LogP contribution in [0.1, 0.15) is 30.0 Å². The number of hydrogen-bond donors (Lipinski definition) is 1. The summed E-state index contributed by atoms with van der Waals surface area (Å²) < 4.78 is 13.2. The van der Waals surface area contributed by atoms with Crippen LogP contribution in [0.15, 0.2) is 36.7 Å². The summed E-state index contributed by atoms with van der Waals surface area (Å²) in [5.41, 5.74) is 2.26. The zero-order chi connectivity index (χ0) is 12.4. The van der Waals surface area contributed by atoms with Gasteiger partial charge in [-0.25, -0.2) is 4.39 Å². The number of nitrogens with one attached hydrogen (secondary N) is 1. The molecule has 4 heteroatoms. The lowest BCUT2D eigenvalue weighted by molar-refractivity contribution is 0.248. The molecule has 0 amide bonds. The van der Waals surface area contributed by atoms with Crippen LogP contribution in [-0.2, 0) is 6.54 Å². The standard InChI is InChI=1S/C14H16FN3/c15-13-4-1-3-11(7-13)10-18-6-2-5-14(18)12-8-16-17-9-12/h1,3-4,7-9,14H,2,5-6,10H2,(H,16,17)/t14-/m1/s1. The van der Waals surface area contributed by atoms with Crippen molar-refractivity contribution in [3.05, 3.63) is 53.6 Å². The SMILES string of the molecule is Fc1cccc(CN2CCC[C@@H]2c2cn[nH]c2)c1. The third kappa shape index (κ3) is 2.29. The highest BCUT2D eigenvalue weighted by Crippen LogP contribution is 2.32. The first kappa shape index (κ1) is 11.4. The number of rotatable bonds is 3. The van der Waals surface area contributed by atoms with E-state index in [2.05, 4.69) is 15.1 Å². The third-order valence-corrected chi connectivity index (χ3v) is 3.54. The van der Waals surface area contributed by atoms with Gasteiger partial charge in [-0.2, -0.15) is 5.10 Å². The van der Waals surface area contributed by atoms with E-state index in [0.29, 0.717) is 6.04 Å². The first-order chi connectivity index (χ1) is 8.83. The molecule has 1 N–H and O–H groups in total. The minimum absolute atomic E-state index is 0.161. The summed E-state index contributed by atoms with van der Waals surface area (Å²) in [4.78, 5) is 2.39. The number of halogens is 1. The van der Waals surface area contributed by atoms with E-state index in [0.717, 1.165) is 25.1 Å². The Bertz CT molecular complexity index is 510. The van der Waals surface area contributed by atoms with Crippen molar-refractivity contribution in [3.8, 4) is 0 Å². The first-order valence-corrected chi connectivity index (χ1v) is 6.30. The Labute approximate surface area is 106 Å². The maximum absolute atomic E-state index is 13.2. The van der Waals surface area contributed by atoms with E-state index >= 15 is 0 Å². The Morgan fingerprint density at radius 1 is 1.44 bits per heavy atom. The van der Waals surface area contributed by atoms with Crippen LogP contribution >= 0.6 is 0 Å². The van der Waals surface area contributed by atoms with Crippen molar-refractivity contribution < 1.29 is 4.39 Å². The fourth-order valence-corrected chi connectivity index (χ4v) is 2.71. The topological polar surface area (TPSA) is 31.9 Å². The molecule has 18 heavy (non-hydrogen) atoms. The number of aromatic nitrogens is 2. The minimum Gasteiger partial charge on any atom is -0.292 e. The van der Waals surface area contributed by atoms with Crippen LogP contribution < -0.4 is 0 Å². The van der Waals surface area contributed by atoms with Gasteiger partial charge in [0.25, 0.3) is 0 Å². The van der Waals surface area contributed by atoms with Gasteiger partial charge in [0.05, 0.1) is 6.20 Å². The molecule has 1 aliphatic rings.